The van der Waals surface area contributed by atoms with E-state index in [1.54, 1.807) is 9.47 Å². The van der Waals surface area contributed by atoms with E-state index in [1.807, 2.05) is 27.7 Å². The molecule has 0 aliphatic rings. The number of aryl methyl sites for hydroxylation is 1. The highest BCUT2D eigenvalue weighted by Crippen LogP contribution is 2.02. The highest BCUT2D eigenvalue weighted by Gasteiger charge is 2.12. The zero-order valence-electron chi connectivity index (χ0n) is 11.0. The molecule has 1 N–H and O–H groups in total. The van der Waals surface area contributed by atoms with Gasteiger partial charge in [-0.05, 0) is 27.7 Å². The van der Waals surface area contributed by atoms with Gasteiger partial charge in [-0.2, -0.15) is 0 Å². The smallest absolute Gasteiger partial charge is 0.325 e. The molecule has 1 rings (SSSR count). The van der Waals surface area contributed by atoms with Crippen LogP contribution in [0.15, 0.2) is 4.79 Å². The molecule has 1 heterocycles. The second-order valence-electron chi connectivity index (χ2n) is 4.11. The van der Waals surface area contributed by atoms with E-state index in [9.17, 15) is 9.59 Å². The number of hydrogen-bond acceptors (Lipinski definition) is 2. The largest absolute Gasteiger partial charge is 0.343 e. The first-order chi connectivity index (χ1) is 8.01. The Morgan fingerprint density at radius 3 is 2.29 bits per heavy atom. The number of aromatic nitrogens is 2. The fraction of sp³-hybridized carbons (Fsp3) is 0.667. The molecule has 0 radical (unpaired) electrons. The number of hydrogen-bond donors (Lipinski definition) is 1. The van der Waals surface area contributed by atoms with Crippen LogP contribution in [0.4, 0.5) is 0 Å². The molecule has 0 aliphatic heterocycles. The van der Waals surface area contributed by atoms with E-state index >= 15 is 0 Å². The summed E-state index contributed by atoms with van der Waals surface area (Å²) < 4.78 is 1.62. The minimum atomic E-state index is -0.132. The van der Waals surface area contributed by atoms with E-state index in [-0.39, 0.29) is 11.6 Å². The average molecular weight is 239 g/mol. The molecule has 1 aromatic rings. The molecule has 0 spiro atoms. The zero-order valence-corrected chi connectivity index (χ0v) is 11.0. The number of H-pyrrole nitrogens is 1. The third-order valence-corrected chi connectivity index (χ3v) is 3.15. The summed E-state index contributed by atoms with van der Waals surface area (Å²) in [6.45, 7) is 9.54. The Morgan fingerprint density at radius 1 is 1.29 bits per heavy atom. The van der Waals surface area contributed by atoms with E-state index in [0.717, 1.165) is 24.5 Å². The van der Waals surface area contributed by atoms with Gasteiger partial charge in [0, 0.05) is 37.4 Å². The molecule has 17 heavy (non-hydrogen) atoms. The molecular weight excluding hydrogens is 218 g/mol. The van der Waals surface area contributed by atoms with E-state index in [2.05, 4.69) is 4.98 Å². The van der Waals surface area contributed by atoms with Gasteiger partial charge in [0.25, 0.3) is 0 Å². The summed E-state index contributed by atoms with van der Waals surface area (Å²) in [5, 5.41) is 0. The Hall–Kier alpha value is -1.52. The van der Waals surface area contributed by atoms with E-state index in [4.69, 9.17) is 0 Å². The van der Waals surface area contributed by atoms with E-state index in [1.165, 1.54) is 0 Å². The first-order valence-corrected chi connectivity index (χ1v) is 6.05. The van der Waals surface area contributed by atoms with Gasteiger partial charge in [0.2, 0.25) is 5.91 Å². The Labute approximate surface area is 101 Å². The SMILES string of the molecule is CCN(CC)C(=O)CCn1c(C)c(C)[nH]c1=O. The third kappa shape index (κ3) is 2.99. The van der Waals surface area contributed by atoms with Crippen molar-refractivity contribution < 1.29 is 4.79 Å². The van der Waals surface area contributed by atoms with Crippen molar-refractivity contribution in [1.82, 2.24) is 14.5 Å². The molecule has 5 heteroatoms. The molecule has 0 saturated heterocycles. The van der Waals surface area contributed by atoms with Gasteiger partial charge in [-0.3, -0.25) is 9.36 Å². The molecule has 1 aromatic heterocycles. The van der Waals surface area contributed by atoms with Gasteiger partial charge in [-0.1, -0.05) is 0 Å². The number of imidazole rings is 1. The van der Waals surface area contributed by atoms with Crippen LogP contribution >= 0.6 is 0 Å². The second-order valence-corrected chi connectivity index (χ2v) is 4.11. The third-order valence-electron chi connectivity index (χ3n) is 3.15. The predicted molar refractivity (Wildman–Crippen MR) is 67.1 cm³/mol. The van der Waals surface area contributed by atoms with Crippen molar-refractivity contribution in [2.45, 2.75) is 40.7 Å². The number of carbonyl (C=O) groups is 1. The lowest BCUT2D eigenvalue weighted by Crippen LogP contribution is -2.32. The van der Waals surface area contributed by atoms with Crippen LogP contribution in [0.2, 0.25) is 0 Å². The Bertz CT molecular complexity index is 441. The van der Waals surface area contributed by atoms with Crippen LogP contribution in [-0.4, -0.2) is 33.4 Å². The first-order valence-electron chi connectivity index (χ1n) is 6.05. The van der Waals surface area contributed by atoms with Gasteiger partial charge in [0.05, 0.1) is 0 Å². The van der Waals surface area contributed by atoms with Gasteiger partial charge in [0.1, 0.15) is 0 Å². The molecule has 0 unspecified atom stereocenters. The standard InChI is InChI=1S/C12H21N3O2/c1-5-14(6-2)11(16)7-8-15-10(4)9(3)13-12(15)17/h5-8H2,1-4H3,(H,13,17). The van der Waals surface area contributed by atoms with Crippen LogP contribution in [-0.2, 0) is 11.3 Å². The van der Waals surface area contributed by atoms with Gasteiger partial charge < -0.3 is 9.88 Å². The molecule has 0 saturated carbocycles. The van der Waals surface area contributed by atoms with Gasteiger partial charge >= 0.3 is 5.69 Å². The molecule has 0 aliphatic carbocycles. The van der Waals surface area contributed by atoms with Crippen molar-refractivity contribution in [3.63, 3.8) is 0 Å². The minimum absolute atomic E-state index is 0.0974. The summed E-state index contributed by atoms with van der Waals surface area (Å²) in [5.41, 5.74) is 1.64. The summed E-state index contributed by atoms with van der Waals surface area (Å²) in [4.78, 5) is 27.9. The Morgan fingerprint density at radius 2 is 1.88 bits per heavy atom. The van der Waals surface area contributed by atoms with Crippen molar-refractivity contribution in [2.75, 3.05) is 13.1 Å². The average Bonchev–Trinajstić information content (AvgIpc) is 2.53. The van der Waals surface area contributed by atoms with Crippen molar-refractivity contribution in [2.24, 2.45) is 0 Å². The number of rotatable bonds is 5. The van der Waals surface area contributed by atoms with Crippen molar-refractivity contribution in [3.05, 3.63) is 21.9 Å². The quantitative estimate of drug-likeness (QED) is 0.835. The lowest BCUT2D eigenvalue weighted by molar-refractivity contribution is -0.131. The highest BCUT2D eigenvalue weighted by atomic mass is 16.2. The number of nitrogens with zero attached hydrogens (tertiary/aromatic N) is 2. The summed E-state index contributed by atoms with van der Waals surface area (Å²) >= 11 is 0. The summed E-state index contributed by atoms with van der Waals surface area (Å²) in [6, 6.07) is 0. The van der Waals surface area contributed by atoms with Crippen LogP contribution in [0.5, 0.6) is 0 Å². The van der Waals surface area contributed by atoms with E-state index < -0.39 is 0 Å². The topological polar surface area (TPSA) is 58.1 Å². The molecule has 0 bridgehead atoms. The number of carbonyl (C=O) groups excluding carboxylic acids is 1. The maximum Gasteiger partial charge on any atom is 0.325 e. The number of nitrogens with one attached hydrogen (secondary N) is 1. The molecule has 5 nitrogen and oxygen atoms in total. The van der Waals surface area contributed by atoms with Gasteiger partial charge in [-0.25, -0.2) is 4.79 Å². The fourth-order valence-corrected chi connectivity index (χ4v) is 1.88. The van der Waals surface area contributed by atoms with Crippen LogP contribution in [0.3, 0.4) is 0 Å². The van der Waals surface area contributed by atoms with Crippen LogP contribution in [0.1, 0.15) is 31.7 Å². The molecular formula is C12H21N3O2. The molecule has 0 atom stereocenters. The van der Waals surface area contributed by atoms with Gasteiger partial charge in [-0.15, -0.1) is 0 Å². The lowest BCUT2D eigenvalue weighted by atomic mass is 10.3. The Balaban J connectivity index is 2.68. The fourth-order valence-electron chi connectivity index (χ4n) is 1.88. The van der Waals surface area contributed by atoms with Gasteiger partial charge in [0.15, 0.2) is 0 Å². The summed E-state index contributed by atoms with van der Waals surface area (Å²) in [5.74, 6) is 0.0974. The van der Waals surface area contributed by atoms with Crippen molar-refractivity contribution in [3.8, 4) is 0 Å². The maximum absolute atomic E-state index is 11.8. The lowest BCUT2D eigenvalue weighted by Gasteiger charge is -2.18. The zero-order chi connectivity index (χ0) is 13.0. The minimum Gasteiger partial charge on any atom is -0.343 e. The normalized spacial score (nSPS) is 10.6. The summed E-state index contributed by atoms with van der Waals surface area (Å²) in [7, 11) is 0. The van der Waals surface area contributed by atoms with Crippen LogP contribution in [0.25, 0.3) is 0 Å². The molecule has 0 aromatic carbocycles. The molecule has 0 fully saturated rings. The number of amides is 1. The Kier molecular flexibility index (Phi) is 4.54. The molecule has 1 amide bonds. The monoisotopic (exact) mass is 239 g/mol. The highest BCUT2D eigenvalue weighted by molar-refractivity contribution is 5.76. The molecule has 96 valence electrons. The predicted octanol–water partition coefficient (Wildman–Crippen LogP) is 1.05. The van der Waals surface area contributed by atoms with Crippen LogP contribution in [0, 0.1) is 13.8 Å². The number of aromatic amines is 1. The maximum atomic E-state index is 11.8. The summed E-state index contributed by atoms with van der Waals surface area (Å²) in [6.07, 6.45) is 0.375. The van der Waals surface area contributed by atoms with Crippen molar-refractivity contribution >= 4 is 5.91 Å². The van der Waals surface area contributed by atoms with E-state index in [0.29, 0.717) is 13.0 Å². The first kappa shape index (κ1) is 13.5. The second kappa shape index (κ2) is 5.70. The van der Waals surface area contributed by atoms with Crippen LogP contribution < -0.4 is 5.69 Å². The van der Waals surface area contributed by atoms with Crippen molar-refractivity contribution in [1.29, 1.82) is 0 Å².